The average molecular weight is 247 g/mol. The third-order valence-electron chi connectivity index (χ3n) is 3.87. The highest BCUT2D eigenvalue weighted by Crippen LogP contribution is 2.23. The molecule has 1 N–H and O–H groups in total. The Morgan fingerprint density at radius 1 is 1.39 bits per heavy atom. The lowest BCUT2D eigenvalue weighted by atomic mass is 9.87. The van der Waals surface area contributed by atoms with E-state index in [-0.39, 0.29) is 11.8 Å². The third kappa shape index (κ3) is 3.33. The van der Waals surface area contributed by atoms with E-state index in [0.29, 0.717) is 0 Å². The van der Waals surface area contributed by atoms with Gasteiger partial charge in [-0.3, -0.25) is 4.79 Å². The molecule has 0 amide bonds. The number of carboxylic acids is 1. The van der Waals surface area contributed by atoms with E-state index in [2.05, 4.69) is 29.2 Å². The quantitative estimate of drug-likeness (QED) is 0.887. The number of piperidine rings is 1. The van der Waals surface area contributed by atoms with E-state index in [4.69, 9.17) is 5.11 Å². The van der Waals surface area contributed by atoms with Crippen LogP contribution in [0.4, 0.5) is 0 Å². The molecule has 0 bridgehead atoms. The fraction of sp³-hybridized carbons (Fsp3) is 0.533. The minimum atomic E-state index is -0.634. The summed E-state index contributed by atoms with van der Waals surface area (Å²) in [4.78, 5) is 13.4. The summed E-state index contributed by atoms with van der Waals surface area (Å²) in [5.74, 6) is -0.532. The van der Waals surface area contributed by atoms with Gasteiger partial charge in [-0.1, -0.05) is 37.3 Å². The summed E-state index contributed by atoms with van der Waals surface area (Å²) in [6, 6.07) is 10.5. The van der Waals surface area contributed by atoms with Crippen molar-refractivity contribution < 1.29 is 9.90 Å². The van der Waals surface area contributed by atoms with Crippen LogP contribution in [0.2, 0.25) is 0 Å². The van der Waals surface area contributed by atoms with Crippen molar-refractivity contribution in [1.82, 2.24) is 4.90 Å². The molecule has 1 aliphatic rings. The molecule has 2 rings (SSSR count). The monoisotopic (exact) mass is 247 g/mol. The highest BCUT2D eigenvalue weighted by Gasteiger charge is 2.30. The molecule has 0 saturated carbocycles. The van der Waals surface area contributed by atoms with E-state index < -0.39 is 5.97 Å². The molecule has 98 valence electrons. The average Bonchev–Trinajstić information content (AvgIpc) is 2.37. The van der Waals surface area contributed by atoms with Crippen molar-refractivity contribution in [3.63, 3.8) is 0 Å². The fourth-order valence-electron chi connectivity index (χ4n) is 2.73. The molecule has 0 aliphatic carbocycles. The van der Waals surface area contributed by atoms with Gasteiger partial charge < -0.3 is 10.0 Å². The first-order chi connectivity index (χ1) is 8.66. The van der Waals surface area contributed by atoms with Crippen LogP contribution < -0.4 is 0 Å². The second-order valence-corrected chi connectivity index (χ2v) is 5.25. The zero-order valence-corrected chi connectivity index (χ0v) is 10.9. The molecule has 0 spiro atoms. The van der Waals surface area contributed by atoms with E-state index >= 15 is 0 Å². The lowest BCUT2D eigenvalue weighted by Crippen LogP contribution is -2.42. The molecular weight excluding hydrogens is 226 g/mol. The molecule has 18 heavy (non-hydrogen) atoms. The lowest BCUT2D eigenvalue weighted by molar-refractivity contribution is -0.145. The number of likely N-dealkylation sites (tertiary alicyclic amines) is 1. The van der Waals surface area contributed by atoms with Crippen molar-refractivity contribution in [2.45, 2.75) is 19.8 Å². The van der Waals surface area contributed by atoms with Gasteiger partial charge in [-0.2, -0.15) is 0 Å². The van der Waals surface area contributed by atoms with E-state index in [0.717, 1.165) is 32.5 Å². The summed E-state index contributed by atoms with van der Waals surface area (Å²) >= 11 is 0. The van der Waals surface area contributed by atoms with Gasteiger partial charge in [0.05, 0.1) is 5.92 Å². The molecule has 1 aromatic carbocycles. The van der Waals surface area contributed by atoms with Gasteiger partial charge in [-0.15, -0.1) is 0 Å². The van der Waals surface area contributed by atoms with Crippen LogP contribution in [0.3, 0.4) is 0 Å². The van der Waals surface area contributed by atoms with Gasteiger partial charge in [0.15, 0.2) is 0 Å². The highest BCUT2D eigenvalue weighted by molar-refractivity contribution is 5.70. The van der Waals surface area contributed by atoms with Crippen LogP contribution in [-0.2, 0) is 11.2 Å². The Hall–Kier alpha value is -1.35. The molecule has 3 heteroatoms. The van der Waals surface area contributed by atoms with Crippen molar-refractivity contribution in [3.8, 4) is 0 Å². The number of nitrogens with zero attached hydrogens (tertiary/aromatic N) is 1. The molecule has 1 saturated heterocycles. The molecule has 0 aromatic heterocycles. The van der Waals surface area contributed by atoms with E-state index in [1.807, 2.05) is 13.0 Å². The van der Waals surface area contributed by atoms with E-state index in [1.165, 1.54) is 5.56 Å². The van der Waals surface area contributed by atoms with Crippen molar-refractivity contribution in [3.05, 3.63) is 35.9 Å². The summed E-state index contributed by atoms with van der Waals surface area (Å²) in [7, 11) is 0. The zero-order valence-electron chi connectivity index (χ0n) is 10.9. The summed E-state index contributed by atoms with van der Waals surface area (Å²) in [6.45, 7) is 4.89. The van der Waals surface area contributed by atoms with E-state index in [1.54, 1.807) is 0 Å². The molecule has 1 aliphatic heterocycles. The third-order valence-corrected chi connectivity index (χ3v) is 3.87. The maximum atomic E-state index is 11.0. The minimum Gasteiger partial charge on any atom is -0.481 e. The van der Waals surface area contributed by atoms with Crippen molar-refractivity contribution in [2.24, 2.45) is 11.8 Å². The van der Waals surface area contributed by atoms with Crippen LogP contribution in [0.5, 0.6) is 0 Å². The Morgan fingerprint density at radius 3 is 2.72 bits per heavy atom. The molecular formula is C15H21NO2. The van der Waals surface area contributed by atoms with Crippen LogP contribution >= 0.6 is 0 Å². The first kappa shape index (κ1) is 13.1. The van der Waals surface area contributed by atoms with Crippen LogP contribution in [-0.4, -0.2) is 35.6 Å². The molecule has 0 unspecified atom stereocenters. The van der Waals surface area contributed by atoms with Gasteiger partial charge >= 0.3 is 5.97 Å². The second-order valence-electron chi connectivity index (χ2n) is 5.25. The van der Waals surface area contributed by atoms with Crippen LogP contribution in [0.25, 0.3) is 0 Å². The Bertz CT molecular complexity index is 391. The predicted octanol–water partition coefficient (Wildman–Crippen LogP) is 2.27. The van der Waals surface area contributed by atoms with Gasteiger partial charge in [0.2, 0.25) is 0 Å². The van der Waals surface area contributed by atoms with Crippen LogP contribution in [0, 0.1) is 11.8 Å². The largest absolute Gasteiger partial charge is 0.481 e. The lowest BCUT2D eigenvalue weighted by Gasteiger charge is -2.34. The number of benzene rings is 1. The standard InChI is InChI=1S/C15H21NO2/c1-12-11-16(10-8-14(12)15(17)18)9-7-13-5-3-2-4-6-13/h2-6,12,14H,7-11H2,1H3,(H,17,18)/t12-,14+/m1/s1. The van der Waals surface area contributed by atoms with Crippen LogP contribution in [0.15, 0.2) is 30.3 Å². The smallest absolute Gasteiger partial charge is 0.306 e. The number of carboxylic acid groups (broad SMARTS) is 1. The molecule has 0 radical (unpaired) electrons. The molecule has 3 nitrogen and oxygen atoms in total. The first-order valence-corrected chi connectivity index (χ1v) is 6.66. The summed E-state index contributed by atoms with van der Waals surface area (Å²) in [6.07, 6.45) is 1.83. The minimum absolute atomic E-state index is 0.155. The Labute approximate surface area is 108 Å². The van der Waals surface area contributed by atoms with Crippen LogP contribution in [0.1, 0.15) is 18.9 Å². The van der Waals surface area contributed by atoms with Crippen molar-refractivity contribution >= 4 is 5.97 Å². The number of aliphatic carboxylic acids is 1. The Kier molecular flexibility index (Phi) is 4.37. The van der Waals surface area contributed by atoms with Gasteiger partial charge in [-0.05, 0) is 30.9 Å². The normalized spacial score (nSPS) is 24.9. The van der Waals surface area contributed by atoms with Gasteiger partial charge in [0.25, 0.3) is 0 Å². The SMILES string of the molecule is C[C@@H]1CN(CCc2ccccc2)CC[C@@H]1C(=O)O. The molecule has 1 heterocycles. The summed E-state index contributed by atoms with van der Waals surface area (Å²) in [5, 5.41) is 9.08. The number of hydrogen-bond acceptors (Lipinski definition) is 2. The maximum absolute atomic E-state index is 11.0. The topological polar surface area (TPSA) is 40.5 Å². The summed E-state index contributed by atoms with van der Waals surface area (Å²) < 4.78 is 0. The highest BCUT2D eigenvalue weighted by atomic mass is 16.4. The van der Waals surface area contributed by atoms with Gasteiger partial charge in [-0.25, -0.2) is 0 Å². The first-order valence-electron chi connectivity index (χ1n) is 6.66. The fourth-order valence-corrected chi connectivity index (χ4v) is 2.73. The van der Waals surface area contributed by atoms with E-state index in [9.17, 15) is 4.79 Å². The second kappa shape index (κ2) is 6.01. The molecule has 2 atom stereocenters. The number of hydrogen-bond donors (Lipinski definition) is 1. The summed E-state index contributed by atoms with van der Waals surface area (Å²) in [5.41, 5.74) is 1.35. The Balaban J connectivity index is 1.81. The zero-order chi connectivity index (χ0) is 13.0. The van der Waals surface area contributed by atoms with Gasteiger partial charge in [0.1, 0.15) is 0 Å². The number of carbonyl (C=O) groups is 1. The Morgan fingerprint density at radius 2 is 2.11 bits per heavy atom. The molecule has 1 fully saturated rings. The van der Waals surface area contributed by atoms with Gasteiger partial charge in [0, 0.05) is 13.1 Å². The molecule has 1 aromatic rings. The number of rotatable bonds is 4. The van der Waals surface area contributed by atoms with Crippen molar-refractivity contribution in [1.29, 1.82) is 0 Å². The predicted molar refractivity (Wildman–Crippen MR) is 71.5 cm³/mol. The maximum Gasteiger partial charge on any atom is 0.306 e. The van der Waals surface area contributed by atoms with Crippen molar-refractivity contribution in [2.75, 3.05) is 19.6 Å².